The summed E-state index contributed by atoms with van der Waals surface area (Å²) in [6, 6.07) is 0.0810. The molecule has 0 aromatic carbocycles. The minimum absolute atomic E-state index is 0.0810. The smallest absolute Gasteiger partial charge is 0.263 e. The van der Waals surface area contributed by atoms with Crippen LogP contribution in [0.25, 0.3) is 0 Å². The van der Waals surface area contributed by atoms with Gasteiger partial charge in [0.1, 0.15) is 11.6 Å². The van der Waals surface area contributed by atoms with E-state index in [1.807, 2.05) is 6.92 Å². The van der Waals surface area contributed by atoms with Crippen molar-refractivity contribution in [2.75, 3.05) is 6.61 Å². The normalized spacial score (nSPS) is 22.4. The third-order valence-corrected chi connectivity index (χ3v) is 4.16. The summed E-state index contributed by atoms with van der Waals surface area (Å²) in [7, 11) is 0. The Morgan fingerprint density at radius 3 is 2.67 bits per heavy atom. The number of carbonyl (C=O) groups excluding carboxylic acids is 1. The Hall–Kier alpha value is -2.04. The van der Waals surface area contributed by atoms with Gasteiger partial charge in [0.05, 0.1) is 12.2 Å². The van der Waals surface area contributed by atoms with Gasteiger partial charge < -0.3 is 10.5 Å². The molecule has 0 saturated heterocycles. The highest BCUT2D eigenvalue weighted by Gasteiger charge is 2.39. The fourth-order valence-electron chi connectivity index (χ4n) is 3.11. The van der Waals surface area contributed by atoms with Gasteiger partial charge in [-0.3, -0.25) is 15.1 Å². The Kier molecular flexibility index (Phi) is 4.50. The van der Waals surface area contributed by atoms with Crippen LogP contribution in [-0.4, -0.2) is 29.3 Å². The van der Waals surface area contributed by atoms with Crippen molar-refractivity contribution in [3.8, 4) is 0 Å². The van der Waals surface area contributed by atoms with Gasteiger partial charge in [-0.15, -0.1) is 0 Å². The maximum Gasteiger partial charge on any atom is 0.263 e. The second-order valence-electron chi connectivity index (χ2n) is 5.40. The first kappa shape index (κ1) is 15.4. The number of amides is 1. The first-order chi connectivity index (χ1) is 10.0. The Labute approximate surface area is 125 Å². The maximum atomic E-state index is 12.8. The molecule has 1 aliphatic carbocycles. The van der Waals surface area contributed by atoms with Gasteiger partial charge in [-0.05, 0) is 32.3 Å². The van der Waals surface area contributed by atoms with Crippen molar-refractivity contribution >= 4 is 11.7 Å². The quantitative estimate of drug-likeness (QED) is 0.780. The highest BCUT2D eigenvalue weighted by molar-refractivity contribution is 6.19. The predicted molar refractivity (Wildman–Crippen MR) is 82.6 cm³/mol. The lowest BCUT2D eigenvalue weighted by atomic mass is 9.92. The molecule has 5 heteroatoms. The third-order valence-electron chi connectivity index (χ3n) is 4.16. The molecule has 0 bridgehead atoms. The van der Waals surface area contributed by atoms with Gasteiger partial charge in [0.15, 0.2) is 0 Å². The second-order valence-corrected chi connectivity index (χ2v) is 5.40. The van der Waals surface area contributed by atoms with Crippen molar-refractivity contribution in [3.63, 3.8) is 0 Å². The lowest BCUT2D eigenvalue weighted by Gasteiger charge is -2.36. The molecule has 2 aliphatic rings. The molecule has 5 nitrogen and oxygen atoms in total. The van der Waals surface area contributed by atoms with Crippen LogP contribution in [0.15, 0.2) is 35.3 Å². The lowest BCUT2D eigenvalue weighted by molar-refractivity contribution is -0.125. The fraction of sp³-hybridized carbons (Fsp3) is 0.500. The van der Waals surface area contributed by atoms with Crippen molar-refractivity contribution < 1.29 is 9.53 Å². The maximum absolute atomic E-state index is 12.8. The summed E-state index contributed by atoms with van der Waals surface area (Å²) in [5, 5.41) is 8.31. The average molecular weight is 289 g/mol. The van der Waals surface area contributed by atoms with Gasteiger partial charge in [-0.25, -0.2) is 0 Å². The molecule has 1 amide bonds. The largest absolute Gasteiger partial charge is 0.494 e. The zero-order valence-corrected chi connectivity index (χ0v) is 12.7. The fourth-order valence-corrected chi connectivity index (χ4v) is 3.11. The number of nitrogens with zero attached hydrogens (tertiary/aromatic N) is 1. The highest BCUT2D eigenvalue weighted by Crippen LogP contribution is 2.34. The zero-order valence-electron chi connectivity index (χ0n) is 12.7. The average Bonchev–Trinajstić information content (AvgIpc) is 2.93. The van der Waals surface area contributed by atoms with Crippen molar-refractivity contribution in [3.05, 3.63) is 35.3 Å². The van der Waals surface area contributed by atoms with E-state index in [4.69, 9.17) is 15.9 Å². The van der Waals surface area contributed by atoms with E-state index in [0.29, 0.717) is 29.1 Å². The van der Waals surface area contributed by atoms with Crippen LogP contribution in [-0.2, 0) is 9.53 Å². The van der Waals surface area contributed by atoms with E-state index < -0.39 is 0 Å². The summed E-state index contributed by atoms with van der Waals surface area (Å²) in [4.78, 5) is 14.4. The predicted octanol–water partition coefficient (Wildman–Crippen LogP) is 2.46. The SMILES string of the molecule is C=C(OCC)C1=C(C)/C(=C/N)C(=N)N(C2CCCC2)C1=O. The van der Waals surface area contributed by atoms with Crippen LogP contribution in [0.3, 0.4) is 0 Å². The molecule has 1 saturated carbocycles. The van der Waals surface area contributed by atoms with Crippen molar-refractivity contribution in [1.29, 1.82) is 5.41 Å². The molecule has 1 aliphatic heterocycles. The Bertz CT molecular complexity index is 540. The molecule has 0 radical (unpaired) electrons. The number of hydrogen-bond acceptors (Lipinski definition) is 4. The van der Waals surface area contributed by atoms with Crippen LogP contribution in [0.5, 0.6) is 0 Å². The standard InChI is InChI=1S/C16H23N3O2/c1-4-21-11(3)14-10(2)13(9-17)15(18)19(16(14)20)12-7-5-6-8-12/h9,12,18H,3-8,17H2,1-2H3/b13-9-,18-15?. The second kappa shape index (κ2) is 6.16. The number of nitrogens with two attached hydrogens (primary N) is 1. The van der Waals surface area contributed by atoms with Crippen molar-refractivity contribution in [1.82, 2.24) is 4.90 Å². The third kappa shape index (κ3) is 2.60. The summed E-state index contributed by atoms with van der Waals surface area (Å²) in [5.41, 5.74) is 7.37. The van der Waals surface area contributed by atoms with Gasteiger partial charge in [0.2, 0.25) is 0 Å². The molecule has 2 rings (SSSR count). The van der Waals surface area contributed by atoms with E-state index in [1.54, 1.807) is 11.8 Å². The van der Waals surface area contributed by atoms with Crippen LogP contribution in [0.4, 0.5) is 0 Å². The topological polar surface area (TPSA) is 79.4 Å². The Balaban J connectivity index is 2.46. The Morgan fingerprint density at radius 1 is 1.52 bits per heavy atom. The van der Waals surface area contributed by atoms with E-state index in [-0.39, 0.29) is 17.8 Å². The van der Waals surface area contributed by atoms with Gasteiger partial charge in [-0.1, -0.05) is 19.4 Å². The van der Waals surface area contributed by atoms with Crippen molar-refractivity contribution in [2.45, 2.75) is 45.6 Å². The van der Waals surface area contributed by atoms with Gasteiger partial charge in [0, 0.05) is 17.8 Å². The van der Waals surface area contributed by atoms with Gasteiger partial charge in [-0.2, -0.15) is 0 Å². The van der Waals surface area contributed by atoms with Crippen LogP contribution in [0.2, 0.25) is 0 Å². The molecule has 0 unspecified atom stereocenters. The number of ether oxygens (including phenoxy) is 1. The molecular weight excluding hydrogens is 266 g/mol. The summed E-state index contributed by atoms with van der Waals surface area (Å²) in [6.45, 7) is 7.95. The van der Waals surface area contributed by atoms with Gasteiger partial charge in [0.25, 0.3) is 5.91 Å². The Morgan fingerprint density at radius 2 is 2.14 bits per heavy atom. The monoisotopic (exact) mass is 289 g/mol. The minimum atomic E-state index is -0.187. The van der Waals surface area contributed by atoms with Crippen molar-refractivity contribution in [2.24, 2.45) is 5.73 Å². The van der Waals surface area contributed by atoms with Crippen LogP contribution in [0, 0.1) is 5.41 Å². The first-order valence-electron chi connectivity index (χ1n) is 7.40. The first-order valence-corrected chi connectivity index (χ1v) is 7.40. The van der Waals surface area contributed by atoms with E-state index in [9.17, 15) is 4.79 Å². The molecule has 21 heavy (non-hydrogen) atoms. The highest BCUT2D eigenvalue weighted by atomic mass is 16.5. The van der Waals surface area contributed by atoms with E-state index >= 15 is 0 Å². The summed E-state index contributed by atoms with van der Waals surface area (Å²) in [5.74, 6) is 0.364. The molecule has 3 N–H and O–H groups in total. The molecule has 1 heterocycles. The van der Waals surface area contributed by atoms with Crippen LogP contribution in [0.1, 0.15) is 39.5 Å². The van der Waals surface area contributed by atoms with Crippen LogP contribution < -0.4 is 5.73 Å². The van der Waals surface area contributed by atoms with E-state index in [2.05, 4.69) is 6.58 Å². The summed E-state index contributed by atoms with van der Waals surface area (Å²) < 4.78 is 5.42. The molecular formula is C16H23N3O2. The molecule has 0 spiro atoms. The molecule has 114 valence electrons. The number of hydrogen-bond donors (Lipinski definition) is 2. The number of rotatable bonds is 4. The molecule has 0 aromatic heterocycles. The van der Waals surface area contributed by atoms with E-state index in [0.717, 1.165) is 25.7 Å². The number of carbonyl (C=O) groups is 1. The zero-order chi connectivity index (χ0) is 15.6. The molecule has 0 atom stereocenters. The lowest BCUT2D eigenvalue weighted by Crippen LogP contribution is -2.48. The number of amidine groups is 1. The molecule has 0 aromatic rings. The van der Waals surface area contributed by atoms with Gasteiger partial charge >= 0.3 is 0 Å². The van der Waals surface area contributed by atoms with Crippen LogP contribution >= 0.6 is 0 Å². The summed E-state index contributed by atoms with van der Waals surface area (Å²) >= 11 is 0. The van der Waals surface area contributed by atoms with E-state index in [1.165, 1.54) is 6.20 Å². The summed E-state index contributed by atoms with van der Waals surface area (Å²) in [6.07, 6.45) is 5.44. The molecule has 1 fully saturated rings. The number of nitrogens with one attached hydrogen (secondary N) is 1. The minimum Gasteiger partial charge on any atom is -0.494 e.